The Morgan fingerprint density at radius 1 is 1.00 bits per heavy atom. The fourth-order valence-corrected chi connectivity index (χ4v) is 5.41. The third kappa shape index (κ3) is 4.96. The van der Waals surface area contributed by atoms with E-state index in [1.807, 2.05) is 69.3 Å². The van der Waals surface area contributed by atoms with Crippen molar-refractivity contribution in [3.8, 4) is 11.4 Å². The minimum Gasteiger partial charge on any atom is -0.338 e. The summed E-state index contributed by atoms with van der Waals surface area (Å²) in [6.07, 6.45) is 0. The van der Waals surface area contributed by atoms with E-state index in [1.54, 1.807) is 18.2 Å². The average Bonchev–Trinajstić information content (AvgIpc) is 3.26. The fourth-order valence-electron chi connectivity index (χ4n) is 3.69. The smallest absolute Gasteiger partial charge is 0.243 e. The van der Waals surface area contributed by atoms with Gasteiger partial charge in [-0.3, -0.25) is 0 Å². The first-order valence-corrected chi connectivity index (χ1v) is 12.9. The summed E-state index contributed by atoms with van der Waals surface area (Å²) in [5.41, 5.74) is 5.22. The molecule has 3 aromatic carbocycles. The number of aromatic amines is 1. The van der Waals surface area contributed by atoms with Crippen molar-refractivity contribution in [1.29, 1.82) is 0 Å². The summed E-state index contributed by atoms with van der Waals surface area (Å²) >= 11 is 5.48. The van der Waals surface area contributed by atoms with Crippen LogP contribution in [0.3, 0.4) is 0 Å². The van der Waals surface area contributed by atoms with Crippen molar-refractivity contribution in [3.05, 3.63) is 72.3 Å². The van der Waals surface area contributed by atoms with Crippen LogP contribution in [-0.4, -0.2) is 40.9 Å². The Morgan fingerprint density at radius 3 is 2.38 bits per heavy atom. The first-order chi connectivity index (χ1) is 16.3. The Balaban J connectivity index is 1.47. The van der Waals surface area contributed by atoms with Crippen molar-refractivity contribution >= 4 is 49.8 Å². The summed E-state index contributed by atoms with van der Waals surface area (Å²) < 4.78 is 27.2. The van der Waals surface area contributed by atoms with Gasteiger partial charge in [0.15, 0.2) is 5.11 Å². The van der Waals surface area contributed by atoms with E-state index in [4.69, 9.17) is 12.2 Å². The second-order valence-corrected chi connectivity index (χ2v) is 10.2. The molecule has 0 aliphatic rings. The number of sulfonamides is 1. The lowest BCUT2D eigenvalue weighted by Gasteiger charge is -2.20. The van der Waals surface area contributed by atoms with E-state index >= 15 is 0 Å². The summed E-state index contributed by atoms with van der Waals surface area (Å²) in [7, 11) is -3.56. The Bertz CT molecular complexity index is 1390. The monoisotopic (exact) mass is 493 g/mol. The van der Waals surface area contributed by atoms with Crippen LogP contribution in [0.4, 0.5) is 11.4 Å². The highest BCUT2D eigenvalue weighted by Gasteiger charge is 2.22. The predicted molar refractivity (Wildman–Crippen MR) is 143 cm³/mol. The number of nitrogens with one attached hydrogen (secondary N) is 3. The van der Waals surface area contributed by atoms with Gasteiger partial charge in [-0.2, -0.15) is 4.31 Å². The van der Waals surface area contributed by atoms with Gasteiger partial charge in [-0.25, -0.2) is 13.4 Å². The molecule has 0 amide bonds. The molecule has 0 aliphatic carbocycles. The highest BCUT2D eigenvalue weighted by atomic mass is 32.2. The summed E-state index contributed by atoms with van der Waals surface area (Å²) in [5, 5.41) is 6.66. The summed E-state index contributed by atoms with van der Waals surface area (Å²) in [4.78, 5) is 8.19. The van der Waals surface area contributed by atoms with Crippen LogP contribution in [0.25, 0.3) is 22.4 Å². The molecule has 1 aromatic heterocycles. The van der Waals surface area contributed by atoms with E-state index in [0.717, 1.165) is 33.7 Å². The lowest BCUT2D eigenvalue weighted by Crippen LogP contribution is -2.30. The van der Waals surface area contributed by atoms with Gasteiger partial charge in [0.05, 0.1) is 15.9 Å². The summed E-state index contributed by atoms with van der Waals surface area (Å²) in [6.45, 7) is 6.39. The molecule has 0 fully saturated rings. The molecule has 4 aromatic rings. The van der Waals surface area contributed by atoms with E-state index in [-0.39, 0.29) is 4.90 Å². The molecule has 4 rings (SSSR count). The van der Waals surface area contributed by atoms with Crippen molar-refractivity contribution in [2.24, 2.45) is 0 Å². The van der Waals surface area contributed by atoms with E-state index < -0.39 is 10.0 Å². The van der Waals surface area contributed by atoms with Gasteiger partial charge >= 0.3 is 0 Å². The quantitative estimate of drug-likeness (QED) is 0.300. The number of fused-ring (bicyclic) bond motifs is 1. The maximum Gasteiger partial charge on any atom is 0.243 e. The van der Waals surface area contributed by atoms with Crippen molar-refractivity contribution < 1.29 is 8.42 Å². The zero-order chi connectivity index (χ0) is 24.3. The fraction of sp³-hybridized carbons (Fsp3) is 0.200. The molecule has 0 radical (unpaired) electrons. The van der Waals surface area contributed by atoms with Gasteiger partial charge < -0.3 is 15.6 Å². The molecule has 34 heavy (non-hydrogen) atoms. The van der Waals surface area contributed by atoms with Gasteiger partial charge in [0.25, 0.3) is 0 Å². The Kier molecular flexibility index (Phi) is 6.97. The molecule has 0 spiro atoms. The first-order valence-electron chi connectivity index (χ1n) is 11.1. The molecular formula is C25H27N5O2S2. The lowest BCUT2D eigenvalue weighted by molar-refractivity contribution is 0.445. The number of aromatic nitrogens is 2. The standard InChI is InChI=1S/C25H27N5O2S2/c1-4-30(5-2)34(31,32)20-15-10-17(3)23(16-20)29-25(33)26-19-13-11-18(12-14-19)24-27-21-8-6-7-9-22(21)28-24/h6-16H,4-5H2,1-3H3,(H,27,28)(H2,26,29,33). The molecule has 0 aliphatic heterocycles. The van der Waals surface area contributed by atoms with Crippen molar-refractivity contribution in [3.63, 3.8) is 0 Å². The van der Waals surface area contributed by atoms with Crippen LogP contribution in [0.2, 0.25) is 0 Å². The van der Waals surface area contributed by atoms with E-state index in [9.17, 15) is 8.42 Å². The number of H-pyrrole nitrogens is 1. The predicted octanol–water partition coefficient (Wildman–Crippen LogP) is 5.38. The Labute approximate surface area is 205 Å². The zero-order valence-corrected chi connectivity index (χ0v) is 20.9. The number of rotatable bonds is 7. The zero-order valence-electron chi connectivity index (χ0n) is 19.3. The van der Waals surface area contributed by atoms with Crippen LogP contribution in [-0.2, 0) is 10.0 Å². The second kappa shape index (κ2) is 9.92. The number of para-hydroxylation sites is 2. The molecule has 176 valence electrons. The van der Waals surface area contributed by atoms with Crippen molar-refractivity contribution in [1.82, 2.24) is 14.3 Å². The number of benzene rings is 3. The van der Waals surface area contributed by atoms with Crippen LogP contribution in [0.15, 0.2) is 71.6 Å². The minimum atomic E-state index is -3.56. The maximum atomic E-state index is 12.9. The maximum absolute atomic E-state index is 12.9. The molecule has 9 heteroatoms. The van der Waals surface area contributed by atoms with Crippen LogP contribution < -0.4 is 10.6 Å². The molecule has 0 unspecified atom stereocenters. The lowest BCUT2D eigenvalue weighted by atomic mass is 10.2. The number of aryl methyl sites for hydroxylation is 1. The number of hydrogen-bond donors (Lipinski definition) is 3. The number of imidazole rings is 1. The Hall–Kier alpha value is -3.27. The van der Waals surface area contributed by atoms with Gasteiger partial charge in [-0.15, -0.1) is 0 Å². The molecule has 7 nitrogen and oxygen atoms in total. The molecule has 3 N–H and O–H groups in total. The summed E-state index contributed by atoms with van der Waals surface area (Å²) in [5.74, 6) is 0.801. The van der Waals surface area contributed by atoms with Gasteiger partial charge in [0, 0.05) is 30.0 Å². The van der Waals surface area contributed by atoms with Gasteiger partial charge in [0.2, 0.25) is 10.0 Å². The highest BCUT2D eigenvalue weighted by Crippen LogP contribution is 2.24. The summed E-state index contributed by atoms with van der Waals surface area (Å²) in [6, 6.07) is 20.7. The number of nitrogens with zero attached hydrogens (tertiary/aromatic N) is 2. The van der Waals surface area contributed by atoms with E-state index in [0.29, 0.717) is 23.9 Å². The topological polar surface area (TPSA) is 90.1 Å². The third-order valence-electron chi connectivity index (χ3n) is 5.61. The molecule has 1 heterocycles. The van der Waals surface area contributed by atoms with Crippen LogP contribution in [0.1, 0.15) is 19.4 Å². The van der Waals surface area contributed by atoms with Crippen molar-refractivity contribution in [2.45, 2.75) is 25.7 Å². The largest absolute Gasteiger partial charge is 0.338 e. The normalized spacial score (nSPS) is 11.6. The first kappa shape index (κ1) is 23.9. The van der Waals surface area contributed by atoms with E-state index in [2.05, 4.69) is 20.6 Å². The molecule has 0 atom stereocenters. The molecule has 0 bridgehead atoms. The second-order valence-electron chi connectivity index (χ2n) is 7.83. The van der Waals surface area contributed by atoms with E-state index in [1.165, 1.54) is 4.31 Å². The van der Waals surface area contributed by atoms with Gasteiger partial charge in [-0.1, -0.05) is 32.0 Å². The number of thiocarbonyl (C=S) groups is 1. The van der Waals surface area contributed by atoms with Crippen LogP contribution in [0.5, 0.6) is 0 Å². The van der Waals surface area contributed by atoms with Crippen LogP contribution in [0, 0.1) is 6.92 Å². The van der Waals surface area contributed by atoms with Crippen molar-refractivity contribution in [2.75, 3.05) is 23.7 Å². The van der Waals surface area contributed by atoms with Gasteiger partial charge in [-0.05, 0) is 73.2 Å². The third-order valence-corrected chi connectivity index (χ3v) is 7.86. The molecule has 0 saturated carbocycles. The highest BCUT2D eigenvalue weighted by molar-refractivity contribution is 7.89. The molecule has 0 saturated heterocycles. The minimum absolute atomic E-state index is 0.238. The Morgan fingerprint density at radius 2 is 1.71 bits per heavy atom. The van der Waals surface area contributed by atoms with Crippen LogP contribution >= 0.6 is 12.2 Å². The average molecular weight is 494 g/mol. The molecular weight excluding hydrogens is 466 g/mol. The SMILES string of the molecule is CCN(CC)S(=O)(=O)c1ccc(C)c(NC(=S)Nc2ccc(-c3nc4ccccc4[nH]3)cc2)c1. The van der Waals surface area contributed by atoms with Gasteiger partial charge in [0.1, 0.15) is 5.82 Å². The number of hydrogen-bond acceptors (Lipinski definition) is 4. The number of anilines is 2.